The van der Waals surface area contributed by atoms with Gasteiger partial charge in [-0.15, -0.1) is 0 Å². The molecule has 1 aliphatic rings. The molecule has 0 unspecified atom stereocenters. The molecule has 8 heteroatoms. The molecule has 30 heavy (non-hydrogen) atoms. The van der Waals surface area contributed by atoms with Gasteiger partial charge >= 0.3 is 0 Å². The van der Waals surface area contributed by atoms with Crippen molar-refractivity contribution in [3.05, 3.63) is 48.0 Å². The van der Waals surface area contributed by atoms with Crippen LogP contribution in [-0.2, 0) is 6.54 Å². The van der Waals surface area contributed by atoms with Crippen LogP contribution in [0.15, 0.2) is 36.9 Å². The van der Waals surface area contributed by atoms with Crippen LogP contribution in [0.25, 0.3) is 22.1 Å². The monoisotopic (exact) mass is 402 g/mol. The Bertz CT molecular complexity index is 1210. The van der Waals surface area contributed by atoms with Gasteiger partial charge in [-0.25, -0.2) is 19.9 Å². The summed E-state index contributed by atoms with van der Waals surface area (Å²) in [5, 5.41) is 4.87. The van der Waals surface area contributed by atoms with E-state index in [1.54, 1.807) is 6.33 Å². The first-order chi connectivity index (χ1) is 14.6. The maximum atomic E-state index is 5.96. The largest absolute Gasteiger partial charge is 0.382 e. The third-order valence-corrected chi connectivity index (χ3v) is 5.96. The van der Waals surface area contributed by atoms with Crippen molar-refractivity contribution in [1.82, 2.24) is 29.4 Å². The van der Waals surface area contributed by atoms with Gasteiger partial charge in [0.1, 0.15) is 17.7 Å². The zero-order valence-electron chi connectivity index (χ0n) is 17.3. The van der Waals surface area contributed by atoms with E-state index >= 15 is 0 Å². The summed E-state index contributed by atoms with van der Waals surface area (Å²) in [5.74, 6) is 1.34. The smallest absolute Gasteiger partial charge is 0.165 e. The first kappa shape index (κ1) is 18.7. The van der Waals surface area contributed by atoms with Crippen LogP contribution in [0.2, 0.25) is 0 Å². The van der Waals surface area contributed by atoms with Gasteiger partial charge in [-0.05, 0) is 51.5 Å². The molecule has 4 heterocycles. The first-order valence-electron chi connectivity index (χ1n) is 10.3. The highest BCUT2D eigenvalue weighted by molar-refractivity contribution is 5.85. The van der Waals surface area contributed by atoms with E-state index in [4.69, 9.17) is 10.7 Å². The van der Waals surface area contributed by atoms with Gasteiger partial charge in [-0.1, -0.05) is 18.2 Å². The maximum Gasteiger partial charge on any atom is 0.165 e. The normalized spacial score (nSPS) is 15.8. The summed E-state index contributed by atoms with van der Waals surface area (Å²) in [6.45, 7) is 4.92. The minimum Gasteiger partial charge on any atom is -0.382 e. The van der Waals surface area contributed by atoms with E-state index in [0.717, 1.165) is 53.9 Å². The van der Waals surface area contributed by atoms with Gasteiger partial charge in [-0.3, -0.25) is 0 Å². The van der Waals surface area contributed by atoms with Gasteiger partial charge in [0.15, 0.2) is 11.5 Å². The molecule has 3 N–H and O–H groups in total. The van der Waals surface area contributed by atoms with Gasteiger partial charge < -0.3 is 20.5 Å². The van der Waals surface area contributed by atoms with E-state index in [0.29, 0.717) is 23.9 Å². The van der Waals surface area contributed by atoms with E-state index in [1.165, 1.54) is 11.9 Å². The van der Waals surface area contributed by atoms with Crippen LogP contribution >= 0.6 is 0 Å². The zero-order chi connectivity index (χ0) is 20.7. The highest BCUT2D eigenvalue weighted by Gasteiger charge is 2.19. The average molecular weight is 403 g/mol. The van der Waals surface area contributed by atoms with Crippen LogP contribution in [0.3, 0.4) is 0 Å². The number of para-hydroxylation sites is 1. The van der Waals surface area contributed by atoms with Crippen LogP contribution in [0, 0.1) is 6.92 Å². The van der Waals surface area contributed by atoms with Gasteiger partial charge in [0.05, 0.1) is 18.4 Å². The lowest BCUT2D eigenvalue weighted by Gasteiger charge is -2.30. The summed E-state index contributed by atoms with van der Waals surface area (Å²) in [6.07, 6.45) is 5.48. The minimum absolute atomic E-state index is 0.399. The van der Waals surface area contributed by atoms with Crippen LogP contribution in [0.5, 0.6) is 0 Å². The number of aromatic nitrogens is 5. The van der Waals surface area contributed by atoms with Crippen LogP contribution in [0.4, 0.5) is 11.6 Å². The Balaban J connectivity index is 1.55. The number of rotatable bonds is 4. The summed E-state index contributed by atoms with van der Waals surface area (Å²) in [4.78, 5) is 20.3. The summed E-state index contributed by atoms with van der Waals surface area (Å²) in [5.41, 5.74) is 10.7. The number of nitrogen functional groups attached to an aromatic ring is 1. The van der Waals surface area contributed by atoms with Crippen LogP contribution < -0.4 is 11.1 Å². The van der Waals surface area contributed by atoms with E-state index in [9.17, 15) is 0 Å². The standard InChI is InChI=1S/C22H26N8/c1-14-4-3-5-15-10-16(11-30-13-26-19-20(23)24-12-25-22(19)30)21(28-18(14)15)27-17-6-8-29(2)9-7-17/h3-5,10,12-13,17H,6-9,11H2,1-2H3,(H,27,28)(H2,23,24,25). The lowest BCUT2D eigenvalue weighted by molar-refractivity contribution is 0.263. The number of benzene rings is 1. The van der Waals surface area contributed by atoms with Gasteiger partial charge in [0, 0.05) is 17.0 Å². The van der Waals surface area contributed by atoms with Crippen LogP contribution in [-0.4, -0.2) is 55.6 Å². The van der Waals surface area contributed by atoms with Crippen molar-refractivity contribution in [2.24, 2.45) is 0 Å². The van der Waals surface area contributed by atoms with Crippen LogP contribution in [0.1, 0.15) is 24.0 Å². The molecule has 5 rings (SSSR count). The minimum atomic E-state index is 0.399. The van der Waals surface area contributed by atoms with Crippen molar-refractivity contribution < 1.29 is 0 Å². The zero-order valence-corrected chi connectivity index (χ0v) is 17.3. The fourth-order valence-electron chi connectivity index (χ4n) is 4.18. The molecule has 0 atom stereocenters. The summed E-state index contributed by atoms with van der Waals surface area (Å²) < 4.78 is 2.01. The third kappa shape index (κ3) is 3.43. The number of piperidine rings is 1. The number of hydrogen-bond acceptors (Lipinski definition) is 7. The molecule has 0 radical (unpaired) electrons. The molecule has 1 aliphatic heterocycles. The Kier molecular flexibility index (Phi) is 4.71. The molecule has 0 spiro atoms. The predicted octanol–water partition coefficient (Wildman–Crippen LogP) is 2.82. The summed E-state index contributed by atoms with van der Waals surface area (Å²) in [6, 6.07) is 8.95. The van der Waals surface area contributed by atoms with Crippen molar-refractivity contribution in [2.75, 3.05) is 31.2 Å². The van der Waals surface area contributed by atoms with Crippen molar-refractivity contribution in [3.63, 3.8) is 0 Å². The average Bonchev–Trinajstić information content (AvgIpc) is 3.15. The third-order valence-electron chi connectivity index (χ3n) is 5.96. The fourth-order valence-corrected chi connectivity index (χ4v) is 4.18. The highest BCUT2D eigenvalue weighted by Crippen LogP contribution is 2.27. The number of nitrogens with two attached hydrogens (primary N) is 1. The Morgan fingerprint density at radius 2 is 1.97 bits per heavy atom. The molecule has 154 valence electrons. The first-order valence-corrected chi connectivity index (χ1v) is 10.3. The maximum absolute atomic E-state index is 5.96. The lowest BCUT2D eigenvalue weighted by Crippen LogP contribution is -2.37. The van der Waals surface area contributed by atoms with E-state index in [-0.39, 0.29) is 0 Å². The number of fused-ring (bicyclic) bond motifs is 2. The quantitative estimate of drug-likeness (QED) is 0.542. The second-order valence-electron chi connectivity index (χ2n) is 8.17. The molecule has 1 fully saturated rings. The molecule has 0 saturated carbocycles. The Hall–Kier alpha value is -3.26. The van der Waals surface area contributed by atoms with Crippen molar-refractivity contribution in [3.8, 4) is 0 Å². The molecule has 8 nitrogen and oxygen atoms in total. The topological polar surface area (TPSA) is 97.8 Å². The van der Waals surface area contributed by atoms with Gasteiger partial charge in [0.2, 0.25) is 0 Å². The van der Waals surface area contributed by atoms with E-state index < -0.39 is 0 Å². The second-order valence-corrected chi connectivity index (χ2v) is 8.17. The predicted molar refractivity (Wildman–Crippen MR) is 119 cm³/mol. The molecule has 4 aromatic rings. The summed E-state index contributed by atoms with van der Waals surface area (Å²) in [7, 11) is 2.18. The van der Waals surface area contributed by atoms with E-state index in [2.05, 4.69) is 63.4 Å². The lowest BCUT2D eigenvalue weighted by atomic mass is 10.0. The molecule has 0 bridgehead atoms. The fraction of sp³-hybridized carbons (Fsp3) is 0.364. The second kappa shape index (κ2) is 7.53. The molecule has 3 aromatic heterocycles. The van der Waals surface area contributed by atoms with Crippen molar-refractivity contribution >= 4 is 33.7 Å². The number of nitrogens with zero attached hydrogens (tertiary/aromatic N) is 6. The highest BCUT2D eigenvalue weighted by atomic mass is 15.1. The number of likely N-dealkylation sites (tertiary alicyclic amines) is 1. The molecule has 0 amide bonds. The molecule has 1 saturated heterocycles. The molecular formula is C22H26N8. The number of aryl methyl sites for hydroxylation is 1. The summed E-state index contributed by atoms with van der Waals surface area (Å²) >= 11 is 0. The Labute approximate surface area is 175 Å². The number of imidazole rings is 1. The molecule has 0 aliphatic carbocycles. The number of anilines is 2. The van der Waals surface area contributed by atoms with Crippen molar-refractivity contribution in [2.45, 2.75) is 32.4 Å². The molecule has 1 aromatic carbocycles. The van der Waals surface area contributed by atoms with Crippen molar-refractivity contribution in [1.29, 1.82) is 0 Å². The van der Waals surface area contributed by atoms with Gasteiger partial charge in [-0.2, -0.15) is 0 Å². The van der Waals surface area contributed by atoms with E-state index in [1.807, 2.05) is 4.57 Å². The molecular weight excluding hydrogens is 376 g/mol. The van der Waals surface area contributed by atoms with Gasteiger partial charge in [0.25, 0.3) is 0 Å². The number of nitrogens with one attached hydrogen (secondary N) is 1. The Morgan fingerprint density at radius 3 is 2.80 bits per heavy atom. The Morgan fingerprint density at radius 1 is 1.13 bits per heavy atom. The SMILES string of the molecule is Cc1cccc2cc(Cn3cnc4c(N)ncnc43)c(NC3CCN(C)CC3)nc12. The number of pyridine rings is 1. The number of hydrogen-bond donors (Lipinski definition) is 2.